The third kappa shape index (κ3) is 5.68. The number of rotatable bonds is 8. The molecule has 0 radical (unpaired) electrons. The van der Waals surface area contributed by atoms with Crippen molar-refractivity contribution in [2.45, 2.75) is 124 Å². The first kappa shape index (κ1) is 35.6. The van der Waals surface area contributed by atoms with Crippen molar-refractivity contribution >= 4 is 17.9 Å². The fourth-order valence-electron chi connectivity index (χ4n) is 10.1. The van der Waals surface area contributed by atoms with Crippen molar-refractivity contribution < 1.29 is 48.7 Å². The molecule has 1 heterocycles. The molecule has 10 nitrogen and oxygen atoms in total. The third-order valence-corrected chi connectivity index (χ3v) is 12.3. The van der Waals surface area contributed by atoms with E-state index < -0.39 is 52.5 Å². The van der Waals surface area contributed by atoms with Crippen molar-refractivity contribution in [1.29, 1.82) is 0 Å². The van der Waals surface area contributed by atoms with Gasteiger partial charge in [-0.1, -0.05) is 44.6 Å². The second-order valence-corrected chi connectivity index (χ2v) is 15.3. The van der Waals surface area contributed by atoms with Crippen molar-refractivity contribution in [2.24, 2.45) is 39.9 Å². The van der Waals surface area contributed by atoms with Crippen molar-refractivity contribution in [3.8, 4) is 0 Å². The number of methoxy groups -OCH3 is 1. The summed E-state index contributed by atoms with van der Waals surface area (Å²) in [6.07, 6.45) is 2.45. The summed E-state index contributed by atoms with van der Waals surface area (Å²) in [6.45, 7) is 18.5. The maximum Gasteiger partial charge on any atom is 0.309 e. The predicted octanol–water partition coefficient (Wildman–Crippen LogP) is 4.24. The topological polar surface area (TPSA) is 149 Å². The van der Waals surface area contributed by atoms with E-state index in [2.05, 4.69) is 33.4 Å². The summed E-state index contributed by atoms with van der Waals surface area (Å²) in [5, 5.41) is 32.6. The molecule has 1 saturated heterocycles. The number of ether oxygens (including phenoxy) is 4. The molecular weight excluding hydrogens is 580 g/mol. The van der Waals surface area contributed by atoms with Crippen LogP contribution < -0.4 is 0 Å². The number of aliphatic hydroxyl groups excluding tert-OH is 1. The molecule has 3 aliphatic carbocycles. The highest BCUT2D eigenvalue weighted by Gasteiger charge is 2.69. The fraction of sp³-hybridized carbons (Fsp3) is 0.800. The highest BCUT2D eigenvalue weighted by molar-refractivity contribution is 5.71. The summed E-state index contributed by atoms with van der Waals surface area (Å²) in [6, 6.07) is 0. The van der Waals surface area contributed by atoms with Crippen LogP contribution in [0.4, 0.5) is 0 Å². The molecule has 254 valence electrons. The van der Waals surface area contributed by atoms with E-state index in [9.17, 15) is 29.7 Å². The first-order chi connectivity index (χ1) is 20.7. The van der Waals surface area contributed by atoms with Crippen molar-refractivity contribution in [1.82, 2.24) is 0 Å². The van der Waals surface area contributed by atoms with Gasteiger partial charge in [-0.25, -0.2) is 0 Å². The van der Waals surface area contributed by atoms with Gasteiger partial charge in [0.2, 0.25) is 5.79 Å². The molecule has 4 rings (SSSR count). The lowest BCUT2D eigenvalue weighted by molar-refractivity contribution is -0.353. The van der Waals surface area contributed by atoms with E-state index in [0.29, 0.717) is 19.3 Å². The molecule has 0 amide bonds. The van der Waals surface area contributed by atoms with Gasteiger partial charge in [0.05, 0.1) is 20.1 Å². The molecule has 0 aromatic rings. The van der Waals surface area contributed by atoms with Gasteiger partial charge in [0.1, 0.15) is 23.9 Å². The van der Waals surface area contributed by atoms with Gasteiger partial charge < -0.3 is 34.3 Å². The van der Waals surface area contributed by atoms with Crippen LogP contribution in [0.1, 0.15) is 93.9 Å². The first-order valence-electron chi connectivity index (χ1n) is 16.2. The third-order valence-electron chi connectivity index (χ3n) is 12.3. The van der Waals surface area contributed by atoms with Gasteiger partial charge >= 0.3 is 17.9 Å². The molecule has 1 aliphatic heterocycles. The van der Waals surface area contributed by atoms with Gasteiger partial charge in [0, 0.05) is 24.7 Å². The molecule has 0 aromatic carbocycles. The molecule has 11 atom stereocenters. The number of hydrogen-bond acceptors (Lipinski definition) is 10. The summed E-state index contributed by atoms with van der Waals surface area (Å²) in [4.78, 5) is 37.8. The van der Waals surface area contributed by atoms with Crippen LogP contribution in [0.3, 0.4) is 0 Å². The van der Waals surface area contributed by atoms with E-state index in [0.717, 1.165) is 17.6 Å². The quantitative estimate of drug-likeness (QED) is 0.201. The Morgan fingerprint density at radius 2 is 1.78 bits per heavy atom. The standard InChI is InChI=1S/C35H54O10/c1-19(2)24-16-28(44-20(3)36)34(9)25-12-11-23(22-15-27(38)35(41,43-18-22)31(5,6)40)32(25,7)14-13-26(34)33(24,8)29(45-21(4)37)17-30(39)42-10/h12,22-24,26-29,38,40-41H,1,11,13-18H2,2-10H3/t22-,23+,24+,26-,27-,28-,29+,32+,33+,34+,35+/m1/s1. The Morgan fingerprint density at radius 3 is 2.29 bits per heavy atom. The minimum atomic E-state index is -2.07. The molecule has 0 aromatic heterocycles. The molecular formula is C35H54O10. The molecule has 45 heavy (non-hydrogen) atoms. The summed E-state index contributed by atoms with van der Waals surface area (Å²) < 4.78 is 23.0. The van der Waals surface area contributed by atoms with E-state index in [4.69, 9.17) is 18.9 Å². The van der Waals surface area contributed by atoms with Crippen LogP contribution in [0, 0.1) is 39.9 Å². The Morgan fingerprint density at radius 1 is 1.13 bits per heavy atom. The number of fused-ring (bicyclic) bond motifs is 3. The number of esters is 3. The van der Waals surface area contributed by atoms with E-state index in [1.165, 1.54) is 34.8 Å². The second kappa shape index (κ2) is 12.1. The Balaban J connectivity index is 1.79. The Labute approximate surface area is 267 Å². The molecule has 10 heteroatoms. The Hall–Kier alpha value is -2.27. The first-order valence-corrected chi connectivity index (χ1v) is 16.2. The van der Waals surface area contributed by atoms with Crippen LogP contribution in [-0.4, -0.2) is 76.6 Å². The van der Waals surface area contributed by atoms with E-state index >= 15 is 0 Å². The number of aliphatic hydroxyl groups is 3. The lowest BCUT2D eigenvalue weighted by Gasteiger charge is -2.66. The van der Waals surface area contributed by atoms with E-state index in [1.807, 2.05) is 6.92 Å². The van der Waals surface area contributed by atoms with Crippen molar-refractivity contribution in [2.75, 3.05) is 13.7 Å². The molecule has 0 bridgehead atoms. The van der Waals surface area contributed by atoms with Crippen LogP contribution in [0.2, 0.25) is 0 Å². The summed E-state index contributed by atoms with van der Waals surface area (Å²) in [7, 11) is 1.32. The maximum absolute atomic E-state index is 12.7. The van der Waals surface area contributed by atoms with Gasteiger partial charge in [-0.15, -0.1) is 0 Å². The van der Waals surface area contributed by atoms with Gasteiger partial charge in [-0.2, -0.15) is 0 Å². The lowest BCUT2D eigenvalue weighted by atomic mass is 9.40. The Kier molecular flexibility index (Phi) is 9.54. The zero-order valence-electron chi connectivity index (χ0n) is 28.5. The van der Waals surface area contributed by atoms with Crippen LogP contribution in [0.25, 0.3) is 0 Å². The fourth-order valence-corrected chi connectivity index (χ4v) is 10.1. The minimum absolute atomic E-state index is 0.0636. The van der Waals surface area contributed by atoms with E-state index in [1.54, 1.807) is 0 Å². The molecule has 0 unspecified atom stereocenters. The van der Waals surface area contributed by atoms with Crippen molar-refractivity contribution in [3.63, 3.8) is 0 Å². The Bertz CT molecular complexity index is 1240. The zero-order chi connectivity index (χ0) is 33.9. The summed E-state index contributed by atoms with van der Waals surface area (Å²) >= 11 is 0. The van der Waals surface area contributed by atoms with Crippen LogP contribution in [0.15, 0.2) is 23.8 Å². The average Bonchev–Trinajstić information content (AvgIpc) is 3.28. The predicted molar refractivity (Wildman–Crippen MR) is 165 cm³/mol. The molecule has 2 saturated carbocycles. The summed E-state index contributed by atoms with van der Waals surface area (Å²) in [5.74, 6) is -3.84. The number of hydrogen-bond donors (Lipinski definition) is 3. The van der Waals surface area contributed by atoms with Crippen LogP contribution in [-0.2, 0) is 33.3 Å². The van der Waals surface area contributed by atoms with Gasteiger partial charge in [0.25, 0.3) is 0 Å². The molecule has 3 N–H and O–H groups in total. The monoisotopic (exact) mass is 634 g/mol. The number of carbonyl (C=O) groups is 3. The van der Waals surface area contributed by atoms with Crippen LogP contribution >= 0.6 is 0 Å². The molecule has 3 fully saturated rings. The largest absolute Gasteiger partial charge is 0.469 e. The van der Waals surface area contributed by atoms with Crippen LogP contribution in [0.5, 0.6) is 0 Å². The highest BCUT2D eigenvalue weighted by atomic mass is 16.7. The average molecular weight is 635 g/mol. The summed E-state index contributed by atoms with van der Waals surface area (Å²) in [5.41, 5.74) is -1.41. The number of carbonyl (C=O) groups excluding carboxylic acids is 3. The van der Waals surface area contributed by atoms with Crippen molar-refractivity contribution in [3.05, 3.63) is 23.8 Å². The highest BCUT2D eigenvalue weighted by Crippen LogP contribution is 2.72. The smallest absolute Gasteiger partial charge is 0.309 e. The zero-order valence-corrected chi connectivity index (χ0v) is 28.5. The molecule has 0 spiro atoms. The SMILES string of the molecule is C=C(C)[C@@H]1C[C@@H](OC(C)=O)[C@@]2(C)C3=CC[C@@H]([C@H]4CO[C@](O)(C(C)(C)O)[C@H](O)C4)[C@]3(C)CC[C@@H]2[C@@]1(C)[C@H](CC(=O)OC)OC(C)=O. The lowest BCUT2D eigenvalue weighted by Crippen LogP contribution is -2.66. The van der Waals surface area contributed by atoms with Gasteiger partial charge in [-0.3, -0.25) is 14.4 Å². The normalized spacial score (nSPS) is 42.0. The minimum Gasteiger partial charge on any atom is -0.469 e. The maximum atomic E-state index is 12.7. The van der Waals surface area contributed by atoms with Gasteiger partial charge in [0.15, 0.2) is 0 Å². The van der Waals surface area contributed by atoms with E-state index in [-0.39, 0.29) is 54.5 Å². The van der Waals surface area contributed by atoms with Gasteiger partial charge in [-0.05, 0) is 82.0 Å². The second-order valence-electron chi connectivity index (χ2n) is 15.3. The molecule has 4 aliphatic rings. The number of allylic oxidation sites excluding steroid dienone is 2.